The van der Waals surface area contributed by atoms with E-state index in [1.165, 1.54) is 0 Å². The number of fused-ring (bicyclic) bond motifs is 1. The maximum Gasteiger partial charge on any atom is 0.262 e. The molecule has 1 heterocycles. The molecule has 6 heteroatoms. The highest BCUT2D eigenvalue weighted by molar-refractivity contribution is 6.31. The van der Waals surface area contributed by atoms with Crippen LogP contribution in [0.2, 0.25) is 5.02 Å². The highest BCUT2D eigenvalue weighted by Crippen LogP contribution is 2.27. The minimum atomic E-state index is -0.244. The fourth-order valence-corrected chi connectivity index (χ4v) is 3.22. The first kappa shape index (κ1) is 19.0. The fraction of sp³-hybridized carbons (Fsp3) is 0.130. The molecule has 0 unspecified atom stereocenters. The Labute approximate surface area is 173 Å². The maximum absolute atomic E-state index is 12.3. The van der Waals surface area contributed by atoms with Gasteiger partial charge in [0.15, 0.2) is 12.2 Å². The molecule has 4 rings (SSSR count). The van der Waals surface area contributed by atoms with Gasteiger partial charge in [-0.25, -0.2) is 4.98 Å². The lowest BCUT2D eigenvalue weighted by molar-refractivity contribution is -0.118. The van der Waals surface area contributed by atoms with Crippen molar-refractivity contribution < 1.29 is 13.9 Å². The van der Waals surface area contributed by atoms with E-state index in [9.17, 15) is 4.79 Å². The Balaban J connectivity index is 1.46. The van der Waals surface area contributed by atoms with Gasteiger partial charge in [-0.1, -0.05) is 35.4 Å². The van der Waals surface area contributed by atoms with Crippen LogP contribution in [0.3, 0.4) is 0 Å². The van der Waals surface area contributed by atoms with E-state index >= 15 is 0 Å². The van der Waals surface area contributed by atoms with Gasteiger partial charge in [0.25, 0.3) is 5.91 Å². The van der Waals surface area contributed by atoms with Crippen molar-refractivity contribution >= 4 is 34.3 Å². The number of rotatable bonds is 5. The molecule has 3 aromatic carbocycles. The number of hydrogen-bond acceptors (Lipinski definition) is 4. The van der Waals surface area contributed by atoms with Crippen molar-refractivity contribution in [3.63, 3.8) is 0 Å². The van der Waals surface area contributed by atoms with Crippen molar-refractivity contribution in [2.75, 3.05) is 11.9 Å². The Morgan fingerprint density at radius 3 is 2.79 bits per heavy atom. The van der Waals surface area contributed by atoms with Crippen LogP contribution in [-0.4, -0.2) is 17.5 Å². The number of nitrogens with zero attached hydrogens (tertiary/aromatic N) is 1. The van der Waals surface area contributed by atoms with Crippen LogP contribution in [0.1, 0.15) is 11.1 Å². The highest BCUT2D eigenvalue weighted by Gasteiger charge is 2.11. The molecule has 0 bridgehead atoms. The number of ether oxygens (including phenoxy) is 1. The molecule has 1 N–H and O–H groups in total. The molecule has 0 atom stereocenters. The Kier molecular flexibility index (Phi) is 5.23. The number of nitrogens with one attached hydrogen (secondary N) is 1. The van der Waals surface area contributed by atoms with Crippen molar-refractivity contribution in [2.24, 2.45) is 0 Å². The molecule has 4 aromatic rings. The van der Waals surface area contributed by atoms with Crippen LogP contribution in [0.5, 0.6) is 5.75 Å². The van der Waals surface area contributed by atoms with E-state index < -0.39 is 0 Å². The van der Waals surface area contributed by atoms with Crippen LogP contribution in [0.4, 0.5) is 5.69 Å². The normalized spacial score (nSPS) is 10.9. The predicted molar refractivity (Wildman–Crippen MR) is 114 cm³/mol. The number of anilines is 1. The number of carbonyl (C=O) groups excluding carboxylic acids is 1. The maximum atomic E-state index is 12.3. The van der Waals surface area contributed by atoms with Gasteiger partial charge in [0, 0.05) is 16.3 Å². The number of carbonyl (C=O) groups is 1. The summed E-state index contributed by atoms with van der Waals surface area (Å²) in [5.74, 6) is 0.918. The molecule has 1 aromatic heterocycles. The van der Waals surface area contributed by atoms with Gasteiger partial charge in [0.05, 0.1) is 0 Å². The van der Waals surface area contributed by atoms with E-state index in [0.29, 0.717) is 33.4 Å². The zero-order chi connectivity index (χ0) is 20.4. The smallest absolute Gasteiger partial charge is 0.262 e. The molecule has 0 aliphatic rings. The number of aryl methyl sites for hydroxylation is 2. The lowest BCUT2D eigenvalue weighted by atomic mass is 10.1. The molecule has 146 valence electrons. The predicted octanol–water partition coefficient (Wildman–Crippen LogP) is 5.78. The third kappa shape index (κ3) is 4.41. The number of hydrogen-bond donors (Lipinski definition) is 1. The van der Waals surface area contributed by atoms with Gasteiger partial charge in [-0.3, -0.25) is 4.79 Å². The van der Waals surface area contributed by atoms with Gasteiger partial charge < -0.3 is 14.5 Å². The monoisotopic (exact) mass is 406 g/mol. The van der Waals surface area contributed by atoms with Crippen molar-refractivity contribution in [3.05, 3.63) is 76.8 Å². The van der Waals surface area contributed by atoms with Crippen LogP contribution in [0.25, 0.3) is 22.6 Å². The molecule has 0 aliphatic carbocycles. The topological polar surface area (TPSA) is 64.4 Å². The van der Waals surface area contributed by atoms with Crippen LogP contribution in [-0.2, 0) is 4.79 Å². The largest absolute Gasteiger partial charge is 0.483 e. The molecule has 0 saturated carbocycles. The molecule has 0 fully saturated rings. The Bertz CT molecular complexity index is 1200. The molecule has 0 radical (unpaired) electrons. The molecule has 1 amide bonds. The highest BCUT2D eigenvalue weighted by atomic mass is 35.5. The number of benzene rings is 3. The van der Waals surface area contributed by atoms with Gasteiger partial charge in [-0.05, 0) is 61.9 Å². The lowest BCUT2D eigenvalue weighted by Gasteiger charge is -2.10. The van der Waals surface area contributed by atoms with Gasteiger partial charge in [-0.15, -0.1) is 0 Å². The summed E-state index contributed by atoms with van der Waals surface area (Å²) in [5.41, 5.74) is 4.88. The van der Waals surface area contributed by atoms with Crippen molar-refractivity contribution in [1.29, 1.82) is 0 Å². The molecule has 0 aliphatic heterocycles. The zero-order valence-corrected chi connectivity index (χ0v) is 16.8. The van der Waals surface area contributed by atoms with Crippen LogP contribution >= 0.6 is 11.6 Å². The average molecular weight is 407 g/mol. The third-order valence-electron chi connectivity index (χ3n) is 4.43. The van der Waals surface area contributed by atoms with Gasteiger partial charge >= 0.3 is 0 Å². The van der Waals surface area contributed by atoms with Gasteiger partial charge in [-0.2, -0.15) is 0 Å². The third-order valence-corrected chi connectivity index (χ3v) is 4.67. The van der Waals surface area contributed by atoms with E-state index in [1.54, 1.807) is 30.3 Å². The Morgan fingerprint density at radius 1 is 1.10 bits per heavy atom. The van der Waals surface area contributed by atoms with E-state index in [1.807, 2.05) is 44.2 Å². The summed E-state index contributed by atoms with van der Waals surface area (Å²) in [6, 6.07) is 18.4. The average Bonchev–Trinajstić information content (AvgIpc) is 3.11. The molecule has 29 heavy (non-hydrogen) atoms. The number of amides is 1. The summed E-state index contributed by atoms with van der Waals surface area (Å²) in [7, 11) is 0. The second kappa shape index (κ2) is 7.97. The van der Waals surface area contributed by atoms with E-state index in [2.05, 4.69) is 10.3 Å². The first-order chi connectivity index (χ1) is 14.0. The fourth-order valence-electron chi connectivity index (χ4n) is 3.06. The van der Waals surface area contributed by atoms with Crippen molar-refractivity contribution in [1.82, 2.24) is 4.98 Å². The summed E-state index contributed by atoms with van der Waals surface area (Å²) < 4.78 is 11.4. The molecule has 0 spiro atoms. The number of halogens is 1. The van der Waals surface area contributed by atoms with Crippen LogP contribution in [0, 0.1) is 13.8 Å². The van der Waals surface area contributed by atoms with Crippen molar-refractivity contribution in [3.8, 4) is 17.2 Å². The summed E-state index contributed by atoms with van der Waals surface area (Å²) in [6.45, 7) is 3.90. The lowest BCUT2D eigenvalue weighted by Crippen LogP contribution is -2.20. The van der Waals surface area contributed by atoms with Crippen LogP contribution in [0.15, 0.2) is 65.1 Å². The SMILES string of the molecule is Cc1ccc(OCC(=O)Nc2cccc(-c3nc4cc(Cl)ccc4o3)c2)c(C)c1. The number of aromatic nitrogens is 1. The second-order valence-corrected chi connectivity index (χ2v) is 7.25. The molecular formula is C23H19ClN2O3. The van der Waals surface area contributed by atoms with Crippen LogP contribution < -0.4 is 10.1 Å². The molecular weight excluding hydrogens is 388 g/mol. The molecule has 0 saturated heterocycles. The minimum absolute atomic E-state index is 0.0739. The van der Waals surface area contributed by atoms with Gasteiger partial charge in [0.1, 0.15) is 11.3 Å². The van der Waals surface area contributed by atoms with E-state index in [-0.39, 0.29) is 12.5 Å². The quantitative estimate of drug-likeness (QED) is 0.456. The molecule has 5 nitrogen and oxygen atoms in total. The van der Waals surface area contributed by atoms with Crippen molar-refractivity contribution in [2.45, 2.75) is 13.8 Å². The summed E-state index contributed by atoms with van der Waals surface area (Å²) >= 11 is 6.01. The summed E-state index contributed by atoms with van der Waals surface area (Å²) in [6.07, 6.45) is 0. The Hall–Kier alpha value is -3.31. The first-order valence-electron chi connectivity index (χ1n) is 9.14. The summed E-state index contributed by atoms with van der Waals surface area (Å²) in [5, 5.41) is 3.44. The summed E-state index contributed by atoms with van der Waals surface area (Å²) in [4.78, 5) is 16.8. The standard InChI is InChI=1S/C23H19ClN2O3/c1-14-6-8-20(15(2)10-14)28-13-22(27)25-18-5-3-4-16(11-18)23-26-19-12-17(24)7-9-21(19)29-23/h3-12H,13H2,1-2H3,(H,25,27). The Morgan fingerprint density at radius 2 is 1.97 bits per heavy atom. The van der Waals surface area contributed by atoms with E-state index in [4.69, 9.17) is 20.8 Å². The number of oxazole rings is 1. The van der Waals surface area contributed by atoms with E-state index in [0.717, 1.165) is 16.7 Å². The zero-order valence-electron chi connectivity index (χ0n) is 16.0. The van der Waals surface area contributed by atoms with Gasteiger partial charge in [0.2, 0.25) is 5.89 Å². The first-order valence-corrected chi connectivity index (χ1v) is 9.52. The second-order valence-electron chi connectivity index (χ2n) is 6.82. The minimum Gasteiger partial charge on any atom is -0.483 e.